The van der Waals surface area contributed by atoms with Gasteiger partial charge in [-0.05, 0) is 30.0 Å². The number of rotatable bonds is 8. The van der Waals surface area contributed by atoms with Crippen molar-refractivity contribution in [3.8, 4) is 0 Å². The Bertz CT molecular complexity index is 712. The molecule has 2 N–H and O–H groups in total. The minimum absolute atomic E-state index is 0. The first-order chi connectivity index (χ1) is 13.8. The van der Waals surface area contributed by atoms with Gasteiger partial charge in [0.15, 0.2) is 5.96 Å². The van der Waals surface area contributed by atoms with Crippen LogP contribution >= 0.6 is 24.0 Å². The molecule has 160 valence electrons. The van der Waals surface area contributed by atoms with Crippen molar-refractivity contribution in [3.05, 3.63) is 53.9 Å². The van der Waals surface area contributed by atoms with E-state index in [1.807, 2.05) is 16.9 Å². The highest BCUT2D eigenvalue weighted by Gasteiger charge is 2.12. The SMILES string of the molecule is CN=C(NCCOC1CCCCCC1)NCc1cccc(Cn2cccn2)c1.I. The number of aliphatic imine (C=N–C) groups is 1. The highest BCUT2D eigenvalue weighted by Crippen LogP contribution is 2.19. The van der Waals surface area contributed by atoms with Gasteiger partial charge in [0.1, 0.15) is 0 Å². The van der Waals surface area contributed by atoms with E-state index in [0.29, 0.717) is 6.10 Å². The van der Waals surface area contributed by atoms with E-state index < -0.39 is 0 Å². The lowest BCUT2D eigenvalue weighted by molar-refractivity contribution is 0.0468. The highest BCUT2D eigenvalue weighted by atomic mass is 127. The summed E-state index contributed by atoms with van der Waals surface area (Å²) in [4.78, 5) is 4.31. The van der Waals surface area contributed by atoms with Gasteiger partial charge in [0.2, 0.25) is 0 Å². The maximum Gasteiger partial charge on any atom is 0.191 e. The molecule has 1 heterocycles. The fraction of sp³-hybridized carbons (Fsp3) is 0.545. The molecule has 2 aromatic rings. The molecule has 1 fully saturated rings. The Balaban J connectivity index is 0.00000300. The predicted octanol–water partition coefficient (Wildman–Crippen LogP) is 3.95. The van der Waals surface area contributed by atoms with E-state index in [0.717, 1.165) is 32.2 Å². The largest absolute Gasteiger partial charge is 0.376 e. The molecule has 0 amide bonds. The van der Waals surface area contributed by atoms with E-state index in [9.17, 15) is 0 Å². The van der Waals surface area contributed by atoms with Crippen LogP contribution in [0.15, 0.2) is 47.7 Å². The van der Waals surface area contributed by atoms with Crippen LogP contribution in [0.4, 0.5) is 0 Å². The third-order valence-electron chi connectivity index (χ3n) is 5.13. The summed E-state index contributed by atoms with van der Waals surface area (Å²) in [6, 6.07) is 10.5. The first-order valence-corrected chi connectivity index (χ1v) is 10.4. The molecule has 1 aromatic heterocycles. The van der Waals surface area contributed by atoms with Crippen molar-refractivity contribution in [1.29, 1.82) is 0 Å². The maximum atomic E-state index is 6.03. The molecule has 0 aliphatic heterocycles. The van der Waals surface area contributed by atoms with Gasteiger partial charge in [-0.1, -0.05) is 49.9 Å². The molecule has 0 spiro atoms. The van der Waals surface area contributed by atoms with Crippen LogP contribution < -0.4 is 10.6 Å². The van der Waals surface area contributed by atoms with Crippen LogP contribution in [0.25, 0.3) is 0 Å². The van der Waals surface area contributed by atoms with Crippen molar-refractivity contribution in [2.24, 2.45) is 4.99 Å². The van der Waals surface area contributed by atoms with Crippen molar-refractivity contribution >= 4 is 29.9 Å². The summed E-state index contributed by atoms with van der Waals surface area (Å²) < 4.78 is 7.96. The average molecular weight is 511 g/mol. The number of nitrogens with one attached hydrogen (secondary N) is 2. The van der Waals surface area contributed by atoms with Crippen LogP contribution in [0, 0.1) is 0 Å². The average Bonchev–Trinajstić information content (AvgIpc) is 3.08. The molecule has 1 aliphatic rings. The third kappa shape index (κ3) is 8.74. The highest BCUT2D eigenvalue weighted by molar-refractivity contribution is 14.0. The number of guanidine groups is 1. The van der Waals surface area contributed by atoms with E-state index in [1.165, 1.54) is 49.7 Å². The first-order valence-electron chi connectivity index (χ1n) is 10.4. The van der Waals surface area contributed by atoms with Gasteiger partial charge in [0.05, 0.1) is 19.3 Å². The van der Waals surface area contributed by atoms with Gasteiger partial charge in [-0.25, -0.2) is 0 Å². The van der Waals surface area contributed by atoms with E-state index in [4.69, 9.17) is 4.74 Å². The van der Waals surface area contributed by atoms with Gasteiger partial charge in [0.25, 0.3) is 0 Å². The fourth-order valence-electron chi connectivity index (χ4n) is 3.63. The Kier molecular flexibility index (Phi) is 11.1. The number of aromatic nitrogens is 2. The normalized spacial score (nSPS) is 15.4. The van der Waals surface area contributed by atoms with Gasteiger partial charge in [0, 0.05) is 32.5 Å². The maximum absolute atomic E-state index is 6.03. The molecule has 7 heteroatoms. The molecule has 6 nitrogen and oxygen atoms in total. The van der Waals surface area contributed by atoms with Crippen molar-refractivity contribution < 1.29 is 4.74 Å². The molecule has 0 bridgehead atoms. The van der Waals surface area contributed by atoms with E-state index in [2.05, 4.69) is 45.0 Å². The number of hydrogen-bond donors (Lipinski definition) is 2. The quantitative estimate of drug-likeness (QED) is 0.185. The molecule has 3 rings (SSSR count). The Morgan fingerprint density at radius 1 is 1.14 bits per heavy atom. The van der Waals surface area contributed by atoms with E-state index in [1.54, 1.807) is 13.2 Å². The van der Waals surface area contributed by atoms with Crippen LogP contribution in [0.2, 0.25) is 0 Å². The van der Waals surface area contributed by atoms with Gasteiger partial charge in [-0.15, -0.1) is 24.0 Å². The van der Waals surface area contributed by atoms with Gasteiger partial charge in [-0.3, -0.25) is 9.67 Å². The fourth-order valence-corrected chi connectivity index (χ4v) is 3.63. The second kappa shape index (κ2) is 13.6. The minimum atomic E-state index is 0. The van der Waals surface area contributed by atoms with Crippen molar-refractivity contribution in [3.63, 3.8) is 0 Å². The third-order valence-corrected chi connectivity index (χ3v) is 5.13. The van der Waals surface area contributed by atoms with Crippen LogP contribution in [-0.4, -0.2) is 42.0 Å². The van der Waals surface area contributed by atoms with Crippen molar-refractivity contribution in [2.75, 3.05) is 20.2 Å². The smallest absolute Gasteiger partial charge is 0.191 e. The van der Waals surface area contributed by atoms with Gasteiger partial charge >= 0.3 is 0 Å². The number of benzene rings is 1. The van der Waals surface area contributed by atoms with Crippen LogP contribution in [0.1, 0.15) is 49.7 Å². The lowest BCUT2D eigenvalue weighted by atomic mass is 10.1. The van der Waals surface area contributed by atoms with Crippen molar-refractivity contribution in [1.82, 2.24) is 20.4 Å². The summed E-state index contributed by atoms with van der Waals surface area (Å²) in [7, 11) is 1.80. The van der Waals surface area contributed by atoms with Crippen LogP contribution in [-0.2, 0) is 17.8 Å². The summed E-state index contributed by atoms with van der Waals surface area (Å²) >= 11 is 0. The van der Waals surface area contributed by atoms with Crippen molar-refractivity contribution in [2.45, 2.75) is 57.7 Å². The second-order valence-electron chi connectivity index (χ2n) is 7.36. The molecular formula is C22H34IN5O. The number of halogens is 1. The van der Waals surface area contributed by atoms with E-state index >= 15 is 0 Å². The lowest BCUT2D eigenvalue weighted by Crippen LogP contribution is -2.38. The lowest BCUT2D eigenvalue weighted by Gasteiger charge is -2.17. The standard InChI is InChI=1S/C22H33N5O.HI/c1-23-22(24-13-15-28-21-10-4-2-3-5-11-21)25-17-19-8-6-9-20(16-19)18-27-14-7-12-26-27;/h6-9,12,14,16,21H,2-5,10-11,13,15,17-18H2,1H3,(H2,23,24,25);1H. The number of hydrogen-bond acceptors (Lipinski definition) is 3. The Morgan fingerprint density at radius 3 is 2.66 bits per heavy atom. The molecular weight excluding hydrogens is 477 g/mol. The zero-order valence-corrected chi connectivity index (χ0v) is 19.7. The molecule has 0 unspecified atom stereocenters. The van der Waals surface area contributed by atoms with Crippen LogP contribution in [0.3, 0.4) is 0 Å². The first kappa shape index (κ1) is 23.7. The van der Waals surface area contributed by atoms with Crippen LogP contribution in [0.5, 0.6) is 0 Å². The Hall–Kier alpha value is -1.61. The topological polar surface area (TPSA) is 63.5 Å². The minimum Gasteiger partial charge on any atom is -0.376 e. The summed E-state index contributed by atoms with van der Waals surface area (Å²) in [6.07, 6.45) is 12.0. The monoisotopic (exact) mass is 511 g/mol. The number of nitrogens with zero attached hydrogens (tertiary/aromatic N) is 3. The van der Waals surface area contributed by atoms with Gasteiger partial charge in [-0.2, -0.15) is 5.10 Å². The van der Waals surface area contributed by atoms with E-state index in [-0.39, 0.29) is 24.0 Å². The number of ether oxygens (including phenoxy) is 1. The summed E-state index contributed by atoms with van der Waals surface area (Å²) in [5, 5.41) is 11.0. The molecule has 0 radical (unpaired) electrons. The molecule has 0 atom stereocenters. The Morgan fingerprint density at radius 2 is 1.93 bits per heavy atom. The molecule has 1 aliphatic carbocycles. The second-order valence-corrected chi connectivity index (χ2v) is 7.36. The Labute approximate surface area is 191 Å². The summed E-state index contributed by atoms with van der Waals surface area (Å²) in [6.45, 7) is 3.02. The summed E-state index contributed by atoms with van der Waals surface area (Å²) in [5.41, 5.74) is 2.46. The molecule has 0 saturated heterocycles. The zero-order valence-electron chi connectivity index (χ0n) is 17.3. The molecule has 29 heavy (non-hydrogen) atoms. The molecule has 1 saturated carbocycles. The predicted molar refractivity (Wildman–Crippen MR) is 129 cm³/mol. The van der Waals surface area contributed by atoms with Gasteiger partial charge < -0.3 is 15.4 Å². The molecule has 1 aromatic carbocycles. The summed E-state index contributed by atoms with van der Waals surface area (Å²) in [5.74, 6) is 0.807. The zero-order chi connectivity index (χ0) is 19.4.